The maximum atomic E-state index is 12.2. The van der Waals surface area contributed by atoms with Crippen LogP contribution in [0.4, 0.5) is 11.6 Å². The summed E-state index contributed by atoms with van der Waals surface area (Å²) in [5.74, 6) is 8.10. The Balaban J connectivity index is 1.58. The summed E-state index contributed by atoms with van der Waals surface area (Å²) in [5.41, 5.74) is 4.96. The number of nitrogens with two attached hydrogens (primary N) is 1. The molecule has 0 bridgehead atoms. The summed E-state index contributed by atoms with van der Waals surface area (Å²) in [5, 5.41) is 15.4. The number of amides is 1. The van der Waals surface area contributed by atoms with Crippen LogP contribution in [-0.2, 0) is 4.79 Å². The van der Waals surface area contributed by atoms with E-state index in [1.807, 2.05) is 19.1 Å². The fraction of sp³-hybridized carbons (Fsp3) is 0.238. The number of anilines is 2. The SMILES string of the molecule is COc1ccc(NC(=O)CSc2nnc(N/N=C(\C)c3ccc(OC)c(OC)c3)n2N)cc1. The first-order valence-electron chi connectivity index (χ1n) is 9.75. The van der Waals surface area contributed by atoms with Crippen molar-refractivity contribution in [3.63, 3.8) is 0 Å². The lowest BCUT2D eigenvalue weighted by molar-refractivity contribution is -0.113. The highest BCUT2D eigenvalue weighted by Gasteiger charge is 2.13. The molecule has 12 heteroatoms. The average Bonchev–Trinajstić information content (AvgIpc) is 3.20. The molecule has 2 aromatic carbocycles. The van der Waals surface area contributed by atoms with Gasteiger partial charge in [-0.25, -0.2) is 10.1 Å². The number of rotatable bonds is 10. The molecule has 3 rings (SSSR count). The summed E-state index contributed by atoms with van der Waals surface area (Å²) in [6.07, 6.45) is 0. The summed E-state index contributed by atoms with van der Waals surface area (Å²) >= 11 is 1.15. The molecule has 1 aromatic heterocycles. The van der Waals surface area contributed by atoms with Gasteiger partial charge in [-0.2, -0.15) is 5.10 Å². The van der Waals surface area contributed by atoms with Crippen molar-refractivity contribution < 1.29 is 19.0 Å². The normalized spacial score (nSPS) is 11.1. The van der Waals surface area contributed by atoms with Crippen LogP contribution in [-0.4, -0.2) is 53.6 Å². The number of nitrogen functional groups attached to an aromatic ring is 1. The summed E-state index contributed by atoms with van der Waals surface area (Å²) < 4.78 is 16.9. The van der Waals surface area contributed by atoms with Gasteiger partial charge >= 0.3 is 0 Å². The summed E-state index contributed by atoms with van der Waals surface area (Å²) in [4.78, 5) is 12.2. The molecule has 4 N–H and O–H groups in total. The van der Waals surface area contributed by atoms with Crippen molar-refractivity contribution in [2.75, 3.05) is 43.7 Å². The Kier molecular flexibility index (Phi) is 7.97. The number of carbonyl (C=O) groups excluding carboxylic acids is 1. The predicted octanol–water partition coefficient (Wildman–Crippen LogP) is 2.58. The highest BCUT2D eigenvalue weighted by Crippen LogP contribution is 2.28. The first-order chi connectivity index (χ1) is 15.9. The molecule has 0 spiro atoms. The fourth-order valence-electron chi connectivity index (χ4n) is 2.71. The van der Waals surface area contributed by atoms with E-state index in [1.54, 1.807) is 51.7 Å². The van der Waals surface area contributed by atoms with Gasteiger partial charge in [-0.3, -0.25) is 4.79 Å². The highest BCUT2D eigenvalue weighted by molar-refractivity contribution is 7.99. The Morgan fingerprint density at radius 2 is 1.79 bits per heavy atom. The number of hydrogen-bond acceptors (Lipinski definition) is 10. The lowest BCUT2D eigenvalue weighted by Crippen LogP contribution is -2.17. The number of benzene rings is 2. The Bertz CT molecular complexity index is 1130. The number of carbonyl (C=O) groups is 1. The summed E-state index contributed by atoms with van der Waals surface area (Å²) in [7, 11) is 4.73. The highest BCUT2D eigenvalue weighted by atomic mass is 32.2. The zero-order chi connectivity index (χ0) is 23.8. The molecule has 174 valence electrons. The number of hydrogen-bond donors (Lipinski definition) is 3. The van der Waals surface area contributed by atoms with E-state index in [1.165, 1.54) is 4.68 Å². The Morgan fingerprint density at radius 1 is 1.06 bits per heavy atom. The van der Waals surface area contributed by atoms with Crippen LogP contribution in [0.5, 0.6) is 17.2 Å². The van der Waals surface area contributed by atoms with Gasteiger partial charge in [-0.1, -0.05) is 11.8 Å². The molecule has 0 aliphatic carbocycles. The first-order valence-corrected chi connectivity index (χ1v) is 10.7. The molecule has 0 saturated carbocycles. The first kappa shape index (κ1) is 23.7. The Morgan fingerprint density at radius 3 is 2.45 bits per heavy atom. The molecule has 0 aliphatic heterocycles. The van der Waals surface area contributed by atoms with E-state index in [4.69, 9.17) is 20.1 Å². The van der Waals surface area contributed by atoms with Crippen LogP contribution < -0.4 is 30.8 Å². The largest absolute Gasteiger partial charge is 0.497 e. The van der Waals surface area contributed by atoms with E-state index in [2.05, 4.69) is 26.0 Å². The van der Waals surface area contributed by atoms with Crippen LogP contribution in [0.1, 0.15) is 12.5 Å². The molecule has 0 aliphatic rings. The Labute approximate surface area is 195 Å². The van der Waals surface area contributed by atoms with Gasteiger partial charge in [0.2, 0.25) is 11.1 Å². The van der Waals surface area contributed by atoms with E-state index in [9.17, 15) is 4.79 Å². The summed E-state index contributed by atoms with van der Waals surface area (Å²) in [6.45, 7) is 1.82. The van der Waals surface area contributed by atoms with Crippen molar-refractivity contribution in [3.05, 3.63) is 48.0 Å². The number of hydrazone groups is 1. The van der Waals surface area contributed by atoms with Crippen molar-refractivity contribution in [3.8, 4) is 17.2 Å². The van der Waals surface area contributed by atoms with Crippen molar-refractivity contribution in [1.29, 1.82) is 0 Å². The lowest BCUT2D eigenvalue weighted by Gasteiger charge is -2.09. The molecule has 0 unspecified atom stereocenters. The van der Waals surface area contributed by atoms with Crippen LogP contribution >= 0.6 is 11.8 Å². The number of nitrogens with one attached hydrogen (secondary N) is 2. The lowest BCUT2D eigenvalue weighted by atomic mass is 10.1. The number of aromatic nitrogens is 3. The molecule has 1 heterocycles. The van der Waals surface area contributed by atoms with Crippen LogP contribution in [0.2, 0.25) is 0 Å². The van der Waals surface area contributed by atoms with Crippen LogP contribution in [0, 0.1) is 0 Å². The minimum absolute atomic E-state index is 0.106. The number of methoxy groups -OCH3 is 3. The molecule has 3 aromatic rings. The van der Waals surface area contributed by atoms with Crippen molar-refractivity contribution in [2.24, 2.45) is 5.10 Å². The van der Waals surface area contributed by atoms with Gasteiger partial charge in [0, 0.05) is 11.3 Å². The van der Waals surface area contributed by atoms with E-state index in [0.717, 1.165) is 17.3 Å². The molecule has 11 nitrogen and oxygen atoms in total. The molecule has 33 heavy (non-hydrogen) atoms. The van der Waals surface area contributed by atoms with Gasteiger partial charge in [0.25, 0.3) is 5.95 Å². The molecule has 0 atom stereocenters. The standard InChI is InChI=1S/C21H25N7O4S/c1-13(14-5-10-17(31-3)18(11-14)32-4)24-25-20-26-27-21(28(20)22)33-12-19(29)23-15-6-8-16(30-2)9-7-15/h5-11H,12,22H2,1-4H3,(H,23,29)(H,25,26)/b24-13+. The number of nitrogens with zero attached hydrogens (tertiary/aromatic N) is 4. The van der Waals surface area contributed by atoms with Crippen molar-refractivity contribution in [1.82, 2.24) is 14.9 Å². The molecule has 0 saturated heterocycles. The zero-order valence-electron chi connectivity index (χ0n) is 18.7. The molecule has 0 fully saturated rings. The fourth-order valence-corrected chi connectivity index (χ4v) is 3.37. The maximum absolute atomic E-state index is 12.2. The third-order valence-corrected chi connectivity index (χ3v) is 5.44. The second-order valence-corrected chi connectivity index (χ2v) is 7.56. The average molecular weight is 472 g/mol. The minimum atomic E-state index is -0.204. The van der Waals surface area contributed by atoms with Gasteiger partial charge in [0.1, 0.15) is 5.75 Å². The zero-order valence-corrected chi connectivity index (χ0v) is 19.5. The second kappa shape index (κ2) is 11.1. The topological polar surface area (TPSA) is 138 Å². The maximum Gasteiger partial charge on any atom is 0.264 e. The third-order valence-electron chi connectivity index (χ3n) is 4.50. The number of ether oxygens (including phenoxy) is 3. The van der Waals surface area contributed by atoms with E-state index < -0.39 is 0 Å². The van der Waals surface area contributed by atoms with E-state index in [0.29, 0.717) is 33.8 Å². The van der Waals surface area contributed by atoms with Gasteiger partial charge in [0.15, 0.2) is 11.5 Å². The molecular formula is C21H25N7O4S. The molecule has 0 radical (unpaired) electrons. The monoisotopic (exact) mass is 471 g/mol. The number of thioether (sulfide) groups is 1. The van der Waals surface area contributed by atoms with E-state index in [-0.39, 0.29) is 17.6 Å². The minimum Gasteiger partial charge on any atom is -0.497 e. The van der Waals surface area contributed by atoms with Gasteiger partial charge in [0.05, 0.1) is 32.8 Å². The van der Waals surface area contributed by atoms with Crippen molar-refractivity contribution in [2.45, 2.75) is 12.1 Å². The predicted molar refractivity (Wildman–Crippen MR) is 128 cm³/mol. The van der Waals surface area contributed by atoms with Gasteiger partial charge < -0.3 is 25.4 Å². The van der Waals surface area contributed by atoms with Gasteiger partial charge in [-0.15, -0.1) is 10.2 Å². The second-order valence-electron chi connectivity index (χ2n) is 6.62. The smallest absolute Gasteiger partial charge is 0.264 e. The third kappa shape index (κ3) is 6.07. The van der Waals surface area contributed by atoms with Crippen LogP contribution in [0.25, 0.3) is 0 Å². The van der Waals surface area contributed by atoms with Gasteiger partial charge in [-0.05, 0) is 49.4 Å². The van der Waals surface area contributed by atoms with Crippen LogP contribution in [0.3, 0.4) is 0 Å². The molecule has 1 amide bonds. The summed E-state index contributed by atoms with van der Waals surface area (Å²) in [6, 6.07) is 12.5. The molecular weight excluding hydrogens is 446 g/mol. The quantitative estimate of drug-likeness (QED) is 0.176. The van der Waals surface area contributed by atoms with Crippen molar-refractivity contribution >= 4 is 35.0 Å². The Hall–Kier alpha value is -3.93. The van der Waals surface area contributed by atoms with Crippen LogP contribution in [0.15, 0.2) is 52.7 Å². The van der Waals surface area contributed by atoms with E-state index >= 15 is 0 Å².